The summed E-state index contributed by atoms with van der Waals surface area (Å²) in [4.78, 5) is 65.2. The van der Waals surface area contributed by atoms with E-state index in [1.807, 2.05) is 12.1 Å². The molecule has 1 aliphatic rings. The number of fused-ring (bicyclic) bond motifs is 1. The molecule has 0 radical (unpaired) electrons. The zero-order valence-electron chi connectivity index (χ0n) is 19.5. The Morgan fingerprint density at radius 1 is 1.20 bits per heavy atom. The average molecular weight is 546 g/mol. The van der Waals surface area contributed by atoms with E-state index in [1.165, 1.54) is 0 Å². The zero-order valence-corrected chi connectivity index (χ0v) is 21.1. The molecule has 0 saturated carbocycles. The third kappa shape index (κ3) is 7.08. The van der Waals surface area contributed by atoms with E-state index in [9.17, 15) is 24.0 Å². The maximum atomic E-state index is 12.8. The number of rotatable bonds is 10. The van der Waals surface area contributed by atoms with Crippen molar-refractivity contribution in [3.8, 4) is 0 Å². The van der Waals surface area contributed by atoms with E-state index in [1.54, 1.807) is 32.0 Å². The molecule has 3 rings (SSSR count). The van der Waals surface area contributed by atoms with Crippen molar-refractivity contribution in [2.24, 2.45) is 11.8 Å². The molecular formula is C24H28BrN5O5. The molecule has 11 heteroatoms. The fraction of sp³-hybridized carbons (Fsp3) is 0.417. The maximum absolute atomic E-state index is 12.8. The molecule has 0 unspecified atom stereocenters. The van der Waals surface area contributed by atoms with Crippen molar-refractivity contribution in [1.29, 1.82) is 0 Å². The number of aromatic nitrogens is 1. The molecule has 35 heavy (non-hydrogen) atoms. The minimum Gasteiger partial charge on any atom is -0.356 e. The number of nitrogens with one attached hydrogen (secondary N) is 4. The summed E-state index contributed by atoms with van der Waals surface area (Å²) >= 11 is 3.38. The Morgan fingerprint density at radius 3 is 2.60 bits per heavy atom. The predicted molar refractivity (Wildman–Crippen MR) is 132 cm³/mol. The van der Waals surface area contributed by atoms with Crippen molar-refractivity contribution in [2.45, 2.75) is 38.8 Å². The van der Waals surface area contributed by atoms with Gasteiger partial charge in [0, 0.05) is 22.3 Å². The summed E-state index contributed by atoms with van der Waals surface area (Å²) in [5, 5.41) is 11.3. The summed E-state index contributed by atoms with van der Waals surface area (Å²) in [5.74, 6) is -2.34. The largest absolute Gasteiger partial charge is 0.356 e. The van der Waals surface area contributed by atoms with Crippen molar-refractivity contribution in [3.05, 3.63) is 40.5 Å². The number of amides is 4. The fourth-order valence-electron chi connectivity index (χ4n) is 3.83. The molecule has 0 bridgehead atoms. The normalized spacial score (nSPS) is 16.9. The van der Waals surface area contributed by atoms with Gasteiger partial charge in [0.2, 0.25) is 17.7 Å². The molecule has 1 fully saturated rings. The number of hydrogen-bond donors (Lipinski definition) is 4. The number of benzene rings is 1. The van der Waals surface area contributed by atoms with Crippen LogP contribution in [-0.2, 0) is 19.2 Å². The van der Waals surface area contributed by atoms with Crippen LogP contribution >= 0.6 is 15.9 Å². The Balaban J connectivity index is 1.56. The Labute approximate surface area is 211 Å². The first-order valence-electron chi connectivity index (χ1n) is 11.3. The Bertz CT molecular complexity index is 1140. The summed E-state index contributed by atoms with van der Waals surface area (Å²) in [6, 6.07) is 7.18. The lowest BCUT2D eigenvalue weighted by Crippen LogP contribution is -2.52. The molecule has 1 aromatic carbocycles. The SMILES string of the molecule is CC(C)[C@H](NC(=O)c1ccc2ccc(Br)cc2n1)C(=O)NCC(=O)N[C@H](C=O)C[C@@H]1CCNC1=O. The number of carbonyl (C=O) groups excluding carboxylic acids is 5. The van der Waals surface area contributed by atoms with Gasteiger partial charge in [-0.2, -0.15) is 0 Å². The van der Waals surface area contributed by atoms with Crippen molar-refractivity contribution in [3.63, 3.8) is 0 Å². The summed E-state index contributed by atoms with van der Waals surface area (Å²) in [6.45, 7) is 3.71. The molecule has 1 aliphatic heterocycles. The quantitative estimate of drug-likeness (QED) is 0.328. The first-order valence-corrected chi connectivity index (χ1v) is 12.1. The average Bonchev–Trinajstić information content (AvgIpc) is 3.23. The molecule has 4 amide bonds. The molecule has 1 saturated heterocycles. The number of pyridine rings is 1. The second-order valence-corrected chi connectivity index (χ2v) is 9.68. The lowest BCUT2D eigenvalue weighted by molar-refractivity contribution is -0.128. The van der Waals surface area contributed by atoms with Crippen molar-refractivity contribution in [1.82, 2.24) is 26.3 Å². The van der Waals surface area contributed by atoms with Gasteiger partial charge >= 0.3 is 0 Å². The molecule has 186 valence electrons. The van der Waals surface area contributed by atoms with Crippen LogP contribution in [0, 0.1) is 11.8 Å². The van der Waals surface area contributed by atoms with Crippen molar-refractivity contribution in [2.75, 3.05) is 13.1 Å². The van der Waals surface area contributed by atoms with Crippen LogP contribution in [0.15, 0.2) is 34.8 Å². The standard InChI is InChI=1S/C24H28BrN5O5/c1-13(2)21(30-23(34)18-6-4-14-3-5-16(25)10-19(14)29-18)24(35)27-11-20(32)28-17(12-31)9-15-7-8-26-22(15)33/h3-6,10,12-13,15,17,21H,7-9,11H2,1-2H3,(H,26,33)(H,27,35)(H,28,32)(H,30,34)/t15-,17-,21-/m0/s1. The topological polar surface area (TPSA) is 146 Å². The highest BCUT2D eigenvalue weighted by Crippen LogP contribution is 2.19. The van der Waals surface area contributed by atoms with E-state index in [2.05, 4.69) is 42.2 Å². The minimum atomic E-state index is -0.903. The molecule has 3 atom stereocenters. The number of halogens is 1. The van der Waals surface area contributed by atoms with E-state index in [4.69, 9.17) is 0 Å². The Hall–Kier alpha value is -3.34. The van der Waals surface area contributed by atoms with Crippen LogP contribution in [0.1, 0.15) is 37.2 Å². The van der Waals surface area contributed by atoms with E-state index < -0.39 is 29.8 Å². The highest BCUT2D eigenvalue weighted by molar-refractivity contribution is 9.10. The fourth-order valence-corrected chi connectivity index (χ4v) is 4.18. The van der Waals surface area contributed by atoms with Gasteiger partial charge in [-0.05, 0) is 37.0 Å². The maximum Gasteiger partial charge on any atom is 0.270 e. The monoisotopic (exact) mass is 545 g/mol. The summed E-state index contributed by atoms with van der Waals surface area (Å²) in [7, 11) is 0. The van der Waals surface area contributed by atoms with E-state index in [-0.39, 0.29) is 36.4 Å². The van der Waals surface area contributed by atoms with Crippen LogP contribution in [0.25, 0.3) is 10.9 Å². The van der Waals surface area contributed by atoms with E-state index in [0.717, 1.165) is 9.86 Å². The summed E-state index contributed by atoms with van der Waals surface area (Å²) in [6.07, 6.45) is 1.39. The van der Waals surface area contributed by atoms with Crippen LogP contribution in [0.4, 0.5) is 0 Å². The third-order valence-electron chi connectivity index (χ3n) is 5.76. The molecular weight excluding hydrogens is 518 g/mol. The minimum absolute atomic E-state index is 0.136. The van der Waals surface area contributed by atoms with Crippen LogP contribution in [-0.4, -0.2) is 60.1 Å². The number of aldehydes is 1. The van der Waals surface area contributed by atoms with Gasteiger partial charge in [0.15, 0.2) is 0 Å². The molecule has 0 aliphatic carbocycles. The number of carbonyl (C=O) groups is 5. The Kier molecular flexibility index (Phi) is 8.91. The summed E-state index contributed by atoms with van der Waals surface area (Å²) < 4.78 is 0.830. The van der Waals surface area contributed by atoms with E-state index >= 15 is 0 Å². The number of nitrogens with zero attached hydrogens (tertiary/aromatic N) is 1. The molecule has 10 nitrogen and oxygen atoms in total. The second kappa shape index (κ2) is 11.9. The smallest absolute Gasteiger partial charge is 0.270 e. The highest BCUT2D eigenvalue weighted by atomic mass is 79.9. The molecule has 1 aromatic heterocycles. The summed E-state index contributed by atoms with van der Waals surface area (Å²) in [5.41, 5.74) is 0.797. The third-order valence-corrected chi connectivity index (χ3v) is 6.25. The van der Waals surface area contributed by atoms with Gasteiger partial charge in [0.05, 0.1) is 18.1 Å². The van der Waals surface area contributed by atoms with Gasteiger partial charge in [-0.15, -0.1) is 0 Å². The zero-order chi connectivity index (χ0) is 25.5. The lowest BCUT2D eigenvalue weighted by atomic mass is 9.99. The first-order chi connectivity index (χ1) is 16.7. The van der Waals surface area contributed by atoms with E-state index in [0.29, 0.717) is 24.8 Å². The van der Waals surface area contributed by atoms with Crippen LogP contribution in [0.2, 0.25) is 0 Å². The number of hydrogen-bond acceptors (Lipinski definition) is 6. The Morgan fingerprint density at radius 2 is 1.94 bits per heavy atom. The van der Waals surface area contributed by atoms with Crippen LogP contribution in [0.5, 0.6) is 0 Å². The predicted octanol–water partition coefficient (Wildman–Crippen LogP) is 1.08. The first kappa shape index (κ1) is 26.3. The molecule has 2 aromatic rings. The molecule has 0 spiro atoms. The van der Waals surface area contributed by atoms with Crippen LogP contribution < -0.4 is 21.3 Å². The van der Waals surface area contributed by atoms with Gasteiger partial charge < -0.3 is 26.1 Å². The van der Waals surface area contributed by atoms with Gasteiger partial charge in [-0.3, -0.25) is 19.2 Å². The van der Waals surface area contributed by atoms with Gasteiger partial charge in [0.25, 0.3) is 5.91 Å². The van der Waals surface area contributed by atoms with Gasteiger partial charge in [-0.25, -0.2) is 4.98 Å². The molecule has 2 heterocycles. The molecule has 4 N–H and O–H groups in total. The van der Waals surface area contributed by atoms with Gasteiger partial charge in [-0.1, -0.05) is 41.9 Å². The second-order valence-electron chi connectivity index (χ2n) is 8.77. The van der Waals surface area contributed by atoms with Crippen molar-refractivity contribution < 1.29 is 24.0 Å². The van der Waals surface area contributed by atoms with Crippen LogP contribution in [0.3, 0.4) is 0 Å². The van der Waals surface area contributed by atoms with Crippen molar-refractivity contribution >= 4 is 56.7 Å². The lowest BCUT2D eigenvalue weighted by Gasteiger charge is -2.22. The highest BCUT2D eigenvalue weighted by Gasteiger charge is 2.29. The van der Waals surface area contributed by atoms with Gasteiger partial charge in [0.1, 0.15) is 18.0 Å².